The third-order valence-electron chi connectivity index (χ3n) is 2.73. The first-order valence-corrected chi connectivity index (χ1v) is 6.46. The Balaban J connectivity index is 2.96. The molecule has 18 heavy (non-hydrogen) atoms. The molecule has 0 radical (unpaired) electrons. The zero-order chi connectivity index (χ0) is 13.4. The second-order valence-corrected chi connectivity index (χ2v) is 4.23. The van der Waals surface area contributed by atoms with Crippen molar-refractivity contribution < 1.29 is 14.1 Å². The minimum absolute atomic E-state index is 0.228. The molecule has 0 bridgehead atoms. The molecule has 0 saturated heterocycles. The van der Waals surface area contributed by atoms with Gasteiger partial charge in [0.25, 0.3) is 0 Å². The Morgan fingerprint density at radius 2 is 2.22 bits per heavy atom. The van der Waals surface area contributed by atoms with Gasteiger partial charge in [-0.15, -0.1) is 0 Å². The van der Waals surface area contributed by atoms with Crippen LogP contribution in [0.3, 0.4) is 0 Å². The SMILES string of the molecule is CC/C=C/c1c[n+](CC(=O)OC)ccc1CCC. The van der Waals surface area contributed by atoms with Gasteiger partial charge in [0.15, 0.2) is 12.4 Å². The van der Waals surface area contributed by atoms with Gasteiger partial charge in [-0.2, -0.15) is 4.57 Å². The molecule has 0 aliphatic carbocycles. The molecule has 1 aromatic heterocycles. The van der Waals surface area contributed by atoms with E-state index in [0.29, 0.717) is 0 Å². The van der Waals surface area contributed by atoms with Crippen molar-refractivity contribution in [1.82, 2.24) is 0 Å². The van der Waals surface area contributed by atoms with Crippen molar-refractivity contribution in [1.29, 1.82) is 0 Å². The van der Waals surface area contributed by atoms with E-state index in [1.165, 1.54) is 18.2 Å². The number of aryl methyl sites for hydroxylation is 1. The molecule has 98 valence electrons. The van der Waals surface area contributed by atoms with Crippen LogP contribution in [0.4, 0.5) is 0 Å². The maximum Gasteiger partial charge on any atom is 0.372 e. The van der Waals surface area contributed by atoms with Gasteiger partial charge in [-0.05, 0) is 18.4 Å². The second kappa shape index (κ2) is 7.64. The lowest BCUT2D eigenvalue weighted by Gasteiger charge is -2.04. The zero-order valence-corrected chi connectivity index (χ0v) is 11.5. The van der Waals surface area contributed by atoms with Gasteiger partial charge in [0.05, 0.1) is 7.11 Å². The molecule has 0 unspecified atom stereocenters. The second-order valence-electron chi connectivity index (χ2n) is 4.23. The van der Waals surface area contributed by atoms with Gasteiger partial charge in [-0.3, -0.25) is 0 Å². The van der Waals surface area contributed by atoms with Crippen LogP contribution in [0, 0.1) is 0 Å². The number of hydrogen-bond acceptors (Lipinski definition) is 2. The molecule has 0 N–H and O–H groups in total. The summed E-state index contributed by atoms with van der Waals surface area (Å²) in [4.78, 5) is 11.3. The van der Waals surface area contributed by atoms with Crippen LogP contribution in [-0.4, -0.2) is 13.1 Å². The maximum absolute atomic E-state index is 11.3. The number of carbonyl (C=O) groups is 1. The Morgan fingerprint density at radius 3 is 2.83 bits per heavy atom. The number of methoxy groups -OCH3 is 1. The highest BCUT2D eigenvalue weighted by Crippen LogP contribution is 2.11. The summed E-state index contributed by atoms with van der Waals surface area (Å²) in [6.07, 6.45) is 11.4. The smallest absolute Gasteiger partial charge is 0.372 e. The number of rotatable bonds is 6. The summed E-state index contributed by atoms with van der Waals surface area (Å²) in [5, 5.41) is 0. The number of nitrogens with zero attached hydrogens (tertiary/aromatic N) is 1. The van der Waals surface area contributed by atoms with Crippen molar-refractivity contribution in [3.05, 3.63) is 35.7 Å². The van der Waals surface area contributed by atoms with E-state index in [9.17, 15) is 4.79 Å². The van der Waals surface area contributed by atoms with E-state index >= 15 is 0 Å². The summed E-state index contributed by atoms with van der Waals surface area (Å²) in [6.45, 7) is 4.54. The molecule has 3 heteroatoms. The normalized spacial score (nSPS) is 10.8. The molecular weight excluding hydrogens is 226 g/mol. The van der Waals surface area contributed by atoms with Gasteiger partial charge < -0.3 is 4.74 Å². The van der Waals surface area contributed by atoms with Crippen molar-refractivity contribution in [2.24, 2.45) is 0 Å². The lowest BCUT2D eigenvalue weighted by atomic mass is 10.1. The molecule has 0 fully saturated rings. The van der Waals surface area contributed by atoms with E-state index in [2.05, 4.69) is 36.8 Å². The van der Waals surface area contributed by atoms with E-state index in [-0.39, 0.29) is 12.5 Å². The largest absolute Gasteiger partial charge is 0.464 e. The number of aromatic nitrogens is 1. The summed E-state index contributed by atoms with van der Waals surface area (Å²) in [5.74, 6) is -0.228. The van der Waals surface area contributed by atoms with Crippen molar-refractivity contribution >= 4 is 12.0 Å². The van der Waals surface area contributed by atoms with E-state index < -0.39 is 0 Å². The monoisotopic (exact) mass is 248 g/mol. The lowest BCUT2D eigenvalue weighted by molar-refractivity contribution is -0.686. The molecule has 0 aliphatic heterocycles. The van der Waals surface area contributed by atoms with E-state index in [1.54, 1.807) is 0 Å². The summed E-state index contributed by atoms with van der Waals surface area (Å²) in [6, 6.07) is 2.09. The fraction of sp³-hybridized carbons (Fsp3) is 0.467. The van der Waals surface area contributed by atoms with Gasteiger partial charge in [-0.25, -0.2) is 4.79 Å². The molecule has 0 saturated carbocycles. The van der Waals surface area contributed by atoms with Crippen LogP contribution in [0.1, 0.15) is 37.8 Å². The number of hydrogen-bond donors (Lipinski definition) is 0. The molecule has 0 atom stereocenters. The summed E-state index contributed by atoms with van der Waals surface area (Å²) >= 11 is 0. The van der Waals surface area contributed by atoms with Crippen LogP contribution in [-0.2, 0) is 22.5 Å². The Hall–Kier alpha value is -1.64. The predicted molar refractivity (Wildman–Crippen MR) is 72.0 cm³/mol. The number of allylic oxidation sites excluding steroid dienone is 1. The Labute approximate surface area is 109 Å². The number of pyridine rings is 1. The Morgan fingerprint density at radius 1 is 1.44 bits per heavy atom. The first kappa shape index (κ1) is 14.4. The van der Waals surface area contributed by atoms with E-state index in [1.807, 2.05) is 17.0 Å². The molecular formula is C15H22NO2+. The van der Waals surface area contributed by atoms with Gasteiger partial charge in [0.1, 0.15) is 0 Å². The first-order chi connectivity index (χ1) is 8.71. The van der Waals surface area contributed by atoms with Crippen molar-refractivity contribution in [2.45, 2.75) is 39.7 Å². The molecule has 1 aromatic rings. The molecule has 0 aromatic carbocycles. The number of carbonyl (C=O) groups excluding carboxylic acids is 1. The summed E-state index contributed by atoms with van der Waals surface area (Å²) in [5.41, 5.74) is 2.51. The molecule has 1 rings (SSSR count). The van der Waals surface area contributed by atoms with Crippen LogP contribution in [0.25, 0.3) is 6.08 Å². The molecule has 0 amide bonds. The quantitative estimate of drug-likeness (QED) is 0.572. The van der Waals surface area contributed by atoms with Crippen LogP contribution in [0.5, 0.6) is 0 Å². The third kappa shape index (κ3) is 4.32. The number of ether oxygens (including phenoxy) is 1. The highest BCUT2D eigenvalue weighted by atomic mass is 16.5. The van der Waals surface area contributed by atoms with Gasteiger partial charge in [-0.1, -0.05) is 32.4 Å². The highest BCUT2D eigenvalue weighted by Gasteiger charge is 2.11. The van der Waals surface area contributed by atoms with E-state index in [4.69, 9.17) is 0 Å². The minimum atomic E-state index is -0.228. The van der Waals surface area contributed by atoms with Crippen molar-refractivity contribution in [3.63, 3.8) is 0 Å². The van der Waals surface area contributed by atoms with E-state index in [0.717, 1.165) is 19.3 Å². The standard InChI is InChI=1S/C15H22NO2/c1-4-6-8-14-11-16(12-15(17)18-3)10-9-13(14)7-5-2/h6,8-11H,4-5,7,12H2,1-3H3/q+1/b8-6+. The maximum atomic E-state index is 11.3. The Kier molecular flexibility index (Phi) is 6.12. The first-order valence-electron chi connectivity index (χ1n) is 6.46. The number of esters is 1. The van der Waals surface area contributed by atoms with Crippen molar-refractivity contribution in [2.75, 3.05) is 7.11 Å². The molecule has 3 nitrogen and oxygen atoms in total. The minimum Gasteiger partial charge on any atom is -0.464 e. The average molecular weight is 248 g/mol. The molecule has 1 heterocycles. The van der Waals surface area contributed by atoms with Crippen LogP contribution < -0.4 is 4.57 Å². The molecule has 0 aliphatic rings. The zero-order valence-electron chi connectivity index (χ0n) is 11.5. The predicted octanol–water partition coefficient (Wildman–Crippen LogP) is 2.52. The van der Waals surface area contributed by atoms with Gasteiger partial charge in [0.2, 0.25) is 6.54 Å². The summed E-state index contributed by atoms with van der Waals surface area (Å²) < 4.78 is 6.54. The fourth-order valence-electron chi connectivity index (χ4n) is 1.79. The van der Waals surface area contributed by atoms with Crippen LogP contribution >= 0.6 is 0 Å². The van der Waals surface area contributed by atoms with Gasteiger partial charge in [0, 0.05) is 11.6 Å². The Bertz CT molecular complexity index is 425. The third-order valence-corrected chi connectivity index (χ3v) is 2.73. The summed E-state index contributed by atoms with van der Waals surface area (Å²) in [7, 11) is 1.41. The van der Waals surface area contributed by atoms with Crippen LogP contribution in [0.2, 0.25) is 0 Å². The topological polar surface area (TPSA) is 30.2 Å². The van der Waals surface area contributed by atoms with Crippen molar-refractivity contribution in [3.8, 4) is 0 Å². The fourth-order valence-corrected chi connectivity index (χ4v) is 1.79. The average Bonchev–Trinajstić information content (AvgIpc) is 2.38. The lowest BCUT2D eigenvalue weighted by Crippen LogP contribution is -2.38. The highest BCUT2D eigenvalue weighted by molar-refractivity contribution is 5.67. The molecule has 0 spiro atoms. The van der Waals surface area contributed by atoms with Gasteiger partial charge >= 0.3 is 5.97 Å². The van der Waals surface area contributed by atoms with Crippen LogP contribution in [0.15, 0.2) is 24.5 Å².